The highest BCUT2D eigenvalue weighted by molar-refractivity contribution is 6.28. The van der Waals surface area contributed by atoms with Crippen molar-refractivity contribution >= 4 is 34.9 Å². The SMILES string of the molecule is CNC(=O)C(=Cc1ccc(Cl)[n+](CC(C)=O)c1)c1ccccc1.[I-]. The maximum atomic E-state index is 12.2. The Bertz CT molecular complexity index is 761. The lowest BCUT2D eigenvalue weighted by Crippen LogP contribution is -3.00. The average molecular weight is 457 g/mol. The lowest BCUT2D eigenvalue weighted by Gasteiger charge is -2.06. The molecule has 1 amide bonds. The first-order valence-corrected chi connectivity index (χ1v) is 7.56. The molecular formula is C18H18ClIN2O2. The van der Waals surface area contributed by atoms with E-state index in [9.17, 15) is 9.59 Å². The molecule has 0 aliphatic rings. The van der Waals surface area contributed by atoms with E-state index < -0.39 is 0 Å². The van der Waals surface area contributed by atoms with Crippen molar-refractivity contribution in [2.45, 2.75) is 13.5 Å². The molecule has 4 nitrogen and oxygen atoms in total. The molecule has 0 aliphatic carbocycles. The molecule has 0 saturated heterocycles. The molecule has 2 aromatic rings. The summed E-state index contributed by atoms with van der Waals surface area (Å²) in [5.41, 5.74) is 2.16. The largest absolute Gasteiger partial charge is 1.00 e. The summed E-state index contributed by atoms with van der Waals surface area (Å²) in [5, 5.41) is 3.12. The van der Waals surface area contributed by atoms with E-state index in [0.29, 0.717) is 10.7 Å². The van der Waals surface area contributed by atoms with E-state index in [4.69, 9.17) is 11.6 Å². The summed E-state index contributed by atoms with van der Waals surface area (Å²) in [7, 11) is 1.59. The van der Waals surface area contributed by atoms with Gasteiger partial charge in [0, 0.05) is 31.2 Å². The van der Waals surface area contributed by atoms with E-state index in [-0.39, 0.29) is 42.2 Å². The van der Waals surface area contributed by atoms with Crippen LogP contribution >= 0.6 is 11.6 Å². The van der Waals surface area contributed by atoms with E-state index >= 15 is 0 Å². The normalized spacial score (nSPS) is 10.7. The van der Waals surface area contributed by atoms with Crippen molar-refractivity contribution in [1.82, 2.24) is 5.32 Å². The Morgan fingerprint density at radius 3 is 2.42 bits per heavy atom. The molecule has 1 aromatic heterocycles. The van der Waals surface area contributed by atoms with Crippen LogP contribution in [0.1, 0.15) is 18.1 Å². The van der Waals surface area contributed by atoms with Gasteiger partial charge in [-0.2, -0.15) is 4.57 Å². The van der Waals surface area contributed by atoms with E-state index in [1.807, 2.05) is 36.4 Å². The van der Waals surface area contributed by atoms with Crippen molar-refractivity contribution in [3.8, 4) is 0 Å². The fourth-order valence-corrected chi connectivity index (χ4v) is 2.36. The molecular weight excluding hydrogens is 439 g/mol. The minimum absolute atomic E-state index is 0. The Hall–Kier alpha value is -1.73. The summed E-state index contributed by atoms with van der Waals surface area (Å²) in [5.74, 6) is -0.170. The molecule has 0 unspecified atom stereocenters. The molecule has 0 bridgehead atoms. The number of halogens is 2. The number of nitrogens with zero attached hydrogens (tertiary/aromatic N) is 1. The Labute approximate surface area is 163 Å². The summed E-state index contributed by atoms with van der Waals surface area (Å²) in [6.07, 6.45) is 3.54. The van der Waals surface area contributed by atoms with Crippen molar-refractivity contribution in [1.29, 1.82) is 0 Å². The van der Waals surface area contributed by atoms with Gasteiger partial charge in [0.05, 0.1) is 0 Å². The first kappa shape index (κ1) is 20.3. The number of likely N-dealkylation sites (N-methyl/N-ethyl adjacent to an activating group) is 1. The molecule has 1 N–H and O–H groups in total. The van der Waals surface area contributed by atoms with Crippen LogP contribution < -0.4 is 33.9 Å². The number of nitrogens with one attached hydrogen (secondary N) is 1. The van der Waals surface area contributed by atoms with Crippen LogP contribution in [0.15, 0.2) is 48.7 Å². The number of Topliss-reactive ketones (excluding diaryl/α,β-unsaturated/α-hetero) is 1. The highest BCUT2D eigenvalue weighted by Crippen LogP contribution is 2.18. The lowest BCUT2D eigenvalue weighted by molar-refractivity contribution is -0.682. The van der Waals surface area contributed by atoms with Crippen LogP contribution in [0.4, 0.5) is 0 Å². The van der Waals surface area contributed by atoms with Crippen LogP contribution in [0.2, 0.25) is 5.15 Å². The summed E-state index contributed by atoms with van der Waals surface area (Å²) in [6, 6.07) is 12.9. The van der Waals surface area contributed by atoms with Gasteiger partial charge in [-0.1, -0.05) is 30.3 Å². The van der Waals surface area contributed by atoms with Gasteiger partial charge in [-0.3, -0.25) is 9.59 Å². The van der Waals surface area contributed by atoms with Gasteiger partial charge in [0.25, 0.3) is 11.1 Å². The topological polar surface area (TPSA) is 50.1 Å². The predicted octanol–water partition coefficient (Wildman–Crippen LogP) is -0.493. The number of benzene rings is 1. The number of carbonyl (C=O) groups is 2. The number of ketones is 1. The first-order valence-electron chi connectivity index (χ1n) is 7.19. The van der Waals surface area contributed by atoms with Crippen LogP contribution in [0.3, 0.4) is 0 Å². The Morgan fingerprint density at radius 2 is 1.83 bits per heavy atom. The van der Waals surface area contributed by atoms with Gasteiger partial charge < -0.3 is 29.3 Å². The van der Waals surface area contributed by atoms with Crippen molar-refractivity contribution < 1.29 is 38.1 Å². The highest BCUT2D eigenvalue weighted by Gasteiger charge is 2.14. The monoisotopic (exact) mass is 456 g/mol. The third-order valence-corrected chi connectivity index (χ3v) is 3.60. The van der Waals surface area contributed by atoms with Crippen LogP contribution in [-0.4, -0.2) is 18.7 Å². The molecule has 0 atom stereocenters. The minimum Gasteiger partial charge on any atom is -1.00 e. The number of pyridine rings is 1. The third-order valence-electron chi connectivity index (χ3n) is 3.25. The number of carbonyl (C=O) groups excluding carboxylic acids is 2. The molecule has 0 saturated carbocycles. The fourth-order valence-electron chi connectivity index (χ4n) is 2.19. The Morgan fingerprint density at radius 1 is 1.17 bits per heavy atom. The van der Waals surface area contributed by atoms with Gasteiger partial charge >= 0.3 is 0 Å². The van der Waals surface area contributed by atoms with Crippen molar-refractivity contribution in [2.75, 3.05) is 7.05 Å². The van der Waals surface area contributed by atoms with Crippen molar-refractivity contribution in [3.05, 3.63) is 64.9 Å². The van der Waals surface area contributed by atoms with Crippen LogP contribution in [-0.2, 0) is 16.1 Å². The second-order valence-corrected chi connectivity index (χ2v) is 5.51. The molecule has 0 radical (unpaired) electrons. The third kappa shape index (κ3) is 5.42. The molecule has 0 fully saturated rings. The van der Waals surface area contributed by atoms with Crippen LogP contribution in [0, 0.1) is 0 Å². The first-order chi connectivity index (χ1) is 11.0. The van der Waals surface area contributed by atoms with Crippen molar-refractivity contribution in [2.24, 2.45) is 0 Å². The molecule has 24 heavy (non-hydrogen) atoms. The van der Waals surface area contributed by atoms with E-state index in [1.54, 1.807) is 30.0 Å². The van der Waals surface area contributed by atoms with Gasteiger partial charge in [-0.25, -0.2) is 0 Å². The predicted molar refractivity (Wildman–Crippen MR) is 90.7 cm³/mol. The molecule has 0 spiro atoms. The average Bonchev–Trinajstić information content (AvgIpc) is 2.55. The minimum atomic E-state index is -0.177. The summed E-state index contributed by atoms with van der Waals surface area (Å²) >= 11 is 6.09. The molecule has 6 heteroatoms. The summed E-state index contributed by atoms with van der Waals surface area (Å²) in [4.78, 5) is 23.5. The second kappa shape index (κ2) is 9.54. The number of hydrogen-bond acceptors (Lipinski definition) is 2. The lowest BCUT2D eigenvalue weighted by atomic mass is 10.0. The van der Waals surface area contributed by atoms with E-state index in [1.165, 1.54) is 6.92 Å². The highest BCUT2D eigenvalue weighted by atomic mass is 127. The Kier molecular flexibility index (Phi) is 8.07. The van der Waals surface area contributed by atoms with Crippen molar-refractivity contribution in [3.63, 3.8) is 0 Å². The fraction of sp³-hybridized carbons (Fsp3) is 0.167. The number of amides is 1. The number of hydrogen-bond donors (Lipinski definition) is 1. The zero-order valence-electron chi connectivity index (χ0n) is 13.4. The zero-order chi connectivity index (χ0) is 16.8. The maximum absolute atomic E-state index is 12.2. The molecule has 126 valence electrons. The summed E-state index contributed by atoms with van der Waals surface area (Å²) in [6.45, 7) is 1.70. The molecule has 1 aromatic carbocycles. The molecule has 0 aliphatic heterocycles. The van der Waals surface area contributed by atoms with Gasteiger partial charge in [-0.15, -0.1) is 0 Å². The van der Waals surface area contributed by atoms with E-state index in [0.717, 1.165) is 11.1 Å². The maximum Gasteiger partial charge on any atom is 0.275 e. The van der Waals surface area contributed by atoms with E-state index in [2.05, 4.69) is 5.32 Å². The molecule has 1 heterocycles. The quantitative estimate of drug-likeness (QED) is 0.286. The Balaban J connectivity index is 0.00000288. The number of aromatic nitrogens is 1. The van der Waals surface area contributed by atoms with Gasteiger partial charge in [0.15, 0.2) is 12.0 Å². The van der Waals surface area contributed by atoms with Crippen LogP contribution in [0.25, 0.3) is 11.6 Å². The standard InChI is InChI=1S/C18H17ClN2O2.HI/c1-13(22)11-21-12-14(8-9-17(21)19)10-16(18(23)20-2)15-6-4-3-5-7-15;/h3-10,12H,11H2,1-2H3;1H. The smallest absolute Gasteiger partial charge is 0.275 e. The zero-order valence-corrected chi connectivity index (χ0v) is 16.3. The van der Waals surface area contributed by atoms with Gasteiger partial charge in [0.2, 0.25) is 6.54 Å². The summed E-state index contributed by atoms with van der Waals surface area (Å²) < 4.78 is 1.65. The second-order valence-electron chi connectivity index (χ2n) is 5.12. The van der Waals surface area contributed by atoms with Gasteiger partial charge in [0.1, 0.15) is 0 Å². The molecule has 2 rings (SSSR count). The van der Waals surface area contributed by atoms with Gasteiger partial charge in [-0.05, 0) is 29.3 Å². The van der Waals surface area contributed by atoms with Crippen LogP contribution in [0.5, 0.6) is 0 Å². The number of rotatable bonds is 5.